The molecule has 6 nitrogen and oxygen atoms in total. The third kappa shape index (κ3) is 3.06. The lowest BCUT2D eigenvalue weighted by Crippen LogP contribution is -2.51. The number of hydrogen-bond acceptors (Lipinski definition) is 4. The van der Waals surface area contributed by atoms with Crippen molar-refractivity contribution in [2.45, 2.75) is 5.92 Å². The molecule has 146 valence electrons. The van der Waals surface area contributed by atoms with E-state index in [0.29, 0.717) is 31.7 Å². The fraction of sp³-hybridized carbons (Fsp3) is 0.217. The Morgan fingerprint density at radius 3 is 1.97 bits per heavy atom. The largest absolute Gasteiger partial charge is 0.472 e. The predicted octanol–water partition coefficient (Wildman–Crippen LogP) is 3.50. The molecule has 5 rings (SSSR count). The van der Waals surface area contributed by atoms with Crippen LogP contribution in [0.15, 0.2) is 71.5 Å². The molecule has 3 heterocycles. The van der Waals surface area contributed by atoms with Crippen molar-refractivity contribution in [1.29, 1.82) is 0 Å². The van der Waals surface area contributed by atoms with Crippen molar-refractivity contribution in [3.05, 3.63) is 83.8 Å². The number of fused-ring (bicyclic) bond motifs is 2. The molecule has 0 N–H and O–H groups in total. The molecule has 6 heteroatoms. The molecule has 2 aliphatic heterocycles. The molecule has 0 bridgehead atoms. The smallest absolute Gasteiger partial charge is 0.257 e. The van der Waals surface area contributed by atoms with Crippen molar-refractivity contribution in [2.24, 2.45) is 0 Å². The lowest BCUT2D eigenvalue weighted by Gasteiger charge is -2.37. The molecule has 1 aromatic heterocycles. The van der Waals surface area contributed by atoms with E-state index in [9.17, 15) is 9.59 Å². The molecule has 1 saturated heterocycles. The first-order valence-corrected chi connectivity index (χ1v) is 9.68. The molecular formula is C23H20N2O4. The van der Waals surface area contributed by atoms with Crippen LogP contribution < -0.4 is 4.74 Å². The second kappa shape index (κ2) is 7.13. The van der Waals surface area contributed by atoms with E-state index in [1.807, 2.05) is 53.4 Å². The summed E-state index contributed by atoms with van der Waals surface area (Å²) in [7, 11) is 0. The van der Waals surface area contributed by atoms with Crippen LogP contribution in [0.25, 0.3) is 0 Å². The van der Waals surface area contributed by atoms with Gasteiger partial charge in [-0.15, -0.1) is 0 Å². The van der Waals surface area contributed by atoms with Gasteiger partial charge in [-0.2, -0.15) is 0 Å². The summed E-state index contributed by atoms with van der Waals surface area (Å²) < 4.78 is 11.0. The third-order valence-electron chi connectivity index (χ3n) is 5.57. The molecule has 29 heavy (non-hydrogen) atoms. The van der Waals surface area contributed by atoms with Gasteiger partial charge in [-0.1, -0.05) is 36.4 Å². The Morgan fingerprint density at radius 1 is 0.793 bits per heavy atom. The van der Waals surface area contributed by atoms with Gasteiger partial charge in [0, 0.05) is 37.3 Å². The fourth-order valence-corrected chi connectivity index (χ4v) is 4.06. The summed E-state index contributed by atoms with van der Waals surface area (Å²) in [6.45, 7) is 2.01. The average molecular weight is 388 g/mol. The van der Waals surface area contributed by atoms with Gasteiger partial charge in [0.15, 0.2) is 0 Å². The molecule has 0 atom stereocenters. The van der Waals surface area contributed by atoms with Gasteiger partial charge < -0.3 is 19.0 Å². The summed E-state index contributed by atoms with van der Waals surface area (Å²) in [5.41, 5.74) is 2.30. The van der Waals surface area contributed by atoms with Gasteiger partial charge in [0.2, 0.25) is 5.91 Å². The monoisotopic (exact) mass is 388 g/mol. The van der Waals surface area contributed by atoms with Crippen LogP contribution in [0.5, 0.6) is 11.5 Å². The van der Waals surface area contributed by atoms with Gasteiger partial charge in [-0.25, -0.2) is 0 Å². The number of ether oxygens (including phenoxy) is 1. The van der Waals surface area contributed by atoms with Crippen LogP contribution in [0, 0.1) is 0 Å². The molecule has 0 unspecified atom stereocenters. The summed E-state index contributed by atoms with van der Waals surface area (Å²) in [6.07, 6.45) is 2.95. The molecule has 2 amide bonds. The van der Waals surface area contributed by atoms with Crippen molar-refractivity contribution >= 4 is 11.8 Å². The lowest BCUT2D eigenvalue weighted by molar-refractivity contribution is -0.133. The van der Waals surface area contributed by atoms with E-state index in [1.54, 1.807) is 11.0 Å². The molecule has 0 saturated carbocycles. The first kappa shape index (κ1) is 17.6. The Kier molecular flexibility index (Phi) is 4.31. The molecule has 2 aromatic carbocycles. The van der Waals surface area contributed by atoms with E-state index in [0.717, 1.165) is 22.6 Å². The van der Waals surface area contributed by atoms with E-state index in [2.05, 4.69) is 0 Å². The number of carbonyl (C=O) groups is 2. The normalized spacial score (nSPS) is 16.0. The standard InChI is InChI=1S/C23H20N2O4/c26-22(16-9-14-28-15-16)24-10-12-25(13-11-24)23(27)21-17-5-1-3-7-19(17)29-20-8-4-2-6-18(20)21/h1-9,14-15,21H,10-13H2. The first-order chi connectivity index (χ1) is 14.2. The Hall–Kier alpha value is -3.54. The maximum Gasteiger partial charge on any atom is 0.257 e. The molecule has 0 radical (unpaired) electrons. The van der Waals surface area contributed by atoms with E-state index < -0.39 is 5.92 Å². The van der Waals surface area contributed by atoms with Crippen LogP contribution in [0.2, 0.25) is 0 Å². The summed E-state index contributed by atoms with van der Waals surface area (Å²) in [5, 5.41) is 0. The Bertz CT molecular complexity index is 1010. The third-order valence-corrected chi connectivity index (χ3v) is 5.57. The fourth-order valence-electron chi connectivity index (χ4n) is 4.06. The second-order valence-electron chi connectivity index (χ2n) is 7.24. The van der Waals surface area contributed by atoms with Gasteiger partial charge in [0.1, 0.15) is 17.8 Å². The van der Waals surface area contributed by atoms with E-state index in [4.69, 9.17) is 9.15 Å². The van der Waals surface area contributed by atoms with E-state index in [1.165, 1.54) is 12.5 Å². The van der Waals surface area contributed by atoms with Crippen molar-refractivity contribution < 1.29 is 18.7 Å². The van der Waals surface area contributed by atoms with Crippen molar-refractivity contribution in [3.8, 4) is 11.5 Å². The van der Waals surface area contributed by atoms with Crippen LogP contribution in [0.1, 0.15) is 27.4 Å². The number of rotatable bonds is 2. The zero-order valence-electron chi connectivity index (χ0n) is 15.8. The zero-order valence-corrected chi connectivity index (χ0v) is 15.8. The molecule has 0 spiro atoms. The van der Waals surface area contributed by atoms with E-state index >= 15 is 0 Å². The number of piperazine rings is 1. The van der Waals surface area contributed by atoms with Crippen LogP contribution >= 0.6 is 0 Å². The van der Waals surface area contributed by atoms with Crippen LogP contribution in [0.3, 0.4) is 0 Å². The van der Waals surface area contributed by atoms with Crippen molar-refractivity contribution in [2.75, 3.05) is 26.2 Å². The number of hydrogen-bond donors (Lipinski definition) is 0. The second-order valence-corrected chi connectivity index (χ2v) is 7.24. The van der Waals surface area contributed by atoms with Gasteiger partial charge in [0.05, 0.1) is 17.7 Å². The maximum atomic E-state index is 13.5. The zero-order chi connectivity index (χ0) is 19.8. The van der Waals surface area contributed by atoms with Gasteiger partial charge >= 0.3 is 0 Å². The number of furan rings is 1. The minimum atomic E-state index is -0.396. The Balaban J connectivity index is 1.37. The van der Waals surface area contributed by atoms with Crippen LogP contribution in [0.4, 0.5) is 0 Å². The Labute approximate surface area is 168 Å². The summed E-state index contributed by atoms with van der Waals surface area (Å²) in [6, 6.07) is 17.0. The van der Waals surface area contributed by atoms with Crippen LogP contribution in [-0.2, 0) is 4.79 Å². The van der Waals surface area contributed by atoms with Crippen molar-refractivity contribution in [3.63, 3.8) is 0 Å². The number of carbonyl (C=O) groups excluding carboxylic acids is 2. The molecular weight excluding hydrogens is 368 g/mol. The van der Waals surface area contributed by atoms with Crippen molar-refractivity contribution in [1.82, 2.24) is 9.80 Å². The van der Waals surface area contributed by atoms with Gasteiger partial charge in [-0.3, -0.25) is 9.59 Å². The highest BCUT2D eigenvalue weighted by Crippen LogP contribution is 2.44. The average Bonchev–Trinajstić information content (AvgIpc) is 3.31. The summed E-state index contributed by atoms with van der Waals surface area (Å²) in [5.74, 6) is 1.03. The highest BCUT2D eigenvalue weighted by atomic mass is 16.5. The highest BCUT2D eigenvalue weighted by molar-refractivity contribution is 5.94. The predicted molar refractivity (Wildman–Crippen MR) is 106 cm³/mol. The van der Waals surface area contributed by atoms with E-state index in [-0.39, 0.29) is 11.8 Å². The number of benzene rings is 2. The number of amides is 2. The summed E-state index contributed by atoms with van der Waals surface area (Å²) >= 11 is 0. The maximum absolute atomic E-state index is 13.5. The molecule has 1 fully saturated rings. The van der Waals surface area contributed by atoms with Gasteiger partial charge in [-0.05, 0) is 18.2 Å². The van der Waals surface area contributed by atoms with Crippen LogP contribution in [-0.4, -0.2) is 47.8 Å². The topological polar surface area (TPSA) is 63.0 Å². The number of para-hydroxylation sites is 2. The molecule has 2 aliphatic rings. The quantitative estimate of drug-likeness (QED) is 0.674. The minimum Gasteiger partial charge on any atom is -0.472 e. The molecule has 3 aromatic rings. The number of nitrogens with zero attached hydrogens (tertiary/aromatic N) is 2. The lowest BCUT2D eigenvalue weighted by atomic mass is 9.86. The SMILES string of the molecule is O=C(c1ccoc1)N1CCN(C(=O)C2c3ccccc3Oc3ccccc32)CC1. The highest BCUT2D eigenvalue weighted by Gasteiger charge is 2.36. The first-order valence-electron chi connectivity index (χ1n) is 9.68. The molecule has 0 aliphatic carbocycles. The minimum absolute atomic E-state index is 0.0450. The van der Waals surface area contributed by atoms with Gasteiger partial charge in [0.25, 0.3) is 5.91 Å². The Morgan fingerprint density at radius 2 is 1.38 bits per heavy atom. The summed E-state index contributed by atoms with van der Waals surface area (Å²) in [4.78, 5) is 29.7.